The summed E-state index contributed by atoms with van der Waals surface area (Å²) in [6.07, 6.45) is 3.32. The van der Waals surface area contributed by atoms with E-state index in [4.69, 9.17) is 16.6 Å². The highest BCUT2D eigenvalue weighted by molar-refractivity contribution is 7.15. The van der Waals surface area contributed by atoms with Crippen LogP contribution in [0.4, 0.5) is 5.69 Å². The Kier molecular flexibility index (Phi) is 9.33. The quantitative estimate of drug-likeness (QED) is 0.259. The smallest absolute Gasteiger partial charge is 0.262 e. The van der Waals surface area contributed by atoms with E-state index in [9.17, 15) is 24.0 Å². The highest BCUT2D eigenvalue weighted by atomic mass is 35.5. The molecule has 4 aromatic rings. The van der Waals surface area contributed by atoms with Crippen LogP contribution < -0.4 is 10.2 Å². The van der Waals surface area contributed by atoms with Gasteiger partial charge in [0.25, 0.3) is 11.8 Å². The topological polar surface area (TPSA) is 153 Å². The van der Waals surface area contributed by atoms with Crippen molar-refractivity contribution in [3.8, 4) is 5.00 Å². The normalized spacial score (nSPS) is 24.3. The molecule has 2 bridgehead atoms. The first kappa shape index (κ1) is 38.0. The van der Waals surface area contributed by atoms with Crippen molar-refractivity contribution in [2.75, 3.05) is 37.6 Å². The number of fused-ring (bicyclic) bond motifs is 6. The van der Waals surface area contributed by atoms with Crippen molar-refractivity contribution >= 4 is 63.9 Å². The van der Waals surface area contributed by atoms with Crippen molar-refractivity contribution in [1.82, 2.24) is 34.8 Å². The van der Waals surface area contributed by atoms with Crippen molar-refractivity contribution in [3.63, 3.8) is 0 Å². The van der Waals surface area contributed by atoms with Gasteiger partial charge in [-0.25, -0.2) is 0 Å². The van der Waals surface area contributed by atoms with E-state index in [0.717, 1.165) is 82.7 Å². The molecule has 59 heavy (non-hydrogen) atoms. The molecule has 4 fully saturated rings. The number of thiophene rings is 1. The second-order valence-electron chi connectivity index (χ2n) is 16.8. The van der Waals surface area contributed by atoms with E-state index in [-0.39, 0.29) is 25.2 Å². The summed E-state index contributed by atoms with van der Waals surface area (Å²) in [5.74, 6) is 0.0310. The zero-order chi connectivity index (χ0) is 40.9. The molecule has 2 aromatic carbocycles. The van der Waals surface area contributed by atoms with Crippen LogP contribution in [-0.2, 0) is 14.4 Å². The number of aliphatic imine (C=N–C) groups is 1. The lowest BCUT2D eigenvalue weighted by atomic mass is 9.95. The highest BCUT2D eigenvalue weighted by Crippen LogP contribution is 2.41. The van der Waals surface area contributed by atoms with Crippen molar-refractivity contribution in [3.05, 3.63) is 91.8 Å². The number of benzene rings is 2. The van der Waals surface area contributed by atoms with Gasteiger partial charge >= 0.3 is 0 Å². The fourth-order valence-electron chi connectivity index (χ4n) is 10.1. The number of carbonyl (C=O) groups excluding carboxylic acids is 5. The molecule has 16 heteroatoms. The van der Waals surface area contributed by atoms with Gasteiger partial charge in [0.1, 0.15) is 22.9 Å². The van der Waals surface area contributed by atoms with Crippen LogP contribution in [0.15, 0.2) is 47.5 Å². The molecule has 3 unspecified atom stereocenters. The van der Waals surface area contributed by atoms with Crippen LogP contribution in [0.5, 0.6) is 0 Å². The SMILES string of the molecule is Cc1sc2c(c1C)C(c1ccc(Cl)cc1)=N[C@@H](CC(=O)N1CCC(CN3CC4CC3CN4c3ccc4c(c3)C(=O)N(C3CCC(=O)NC3=O)C4=O)CC1)c1nnc(C)n1-2. The number of anilines is 1. The zero-order valence-electron chi connectivity index (χ0n) is 33.1. The number of halogens is 1. The summed E-state index contributed by atoms with van der Waals surface area (Å²) in [6, 6.07) is 12.3. The first-order valence-electron chi connectivity index (χ1n) is 20.4. The number of nitrogens with one attached hydrogen (secondary N) is 1. The predicted molar refractivity (Wildman–Crippen MR) is 221 cm³/mol. The Bertz CT molecular complexity index is 2490. The first-order valence-corrected chi connectivity index (χ1v) is 21.6. The Morgan fingerprint density at radius 1 is 0.915 bits per heavy atom. The molecule has 0 aliphatic carbocycles. The van der Waals surface area contributed by atoms with E-state index in [1.165, 1.54) is 4.88 Å². The largest absolute Gasteiger partial charge is 0.366 e. The van der Waals surface area contributed by atoms with Crippen LogP contribution in [-0.4, -0.2) is 116 Å². The Morgan fingerprint density at radius 2 is 1.68 bits per heavy atom. The third-order valence-corrected chi connectivity index (χ3v) is 14.7. The number of nitrogens with zero attached hydrogens (tertiary/aromatic N) is 8. The highest BCUT2D eigenvalue weighted by Gasteiger charge is 2.47. The Hall–Kier alpha value is -5.25. The Balaban J connectivity index is 0.775. The number of carbonyl (C=O) groups is 5. The van der Waals surface area contributed by atoms with Crippen LogP contribution in [0.2, 0.25) is 5.02 Å². The zero-order valence-corrected chi connectivity index (χ0v) is 34.7. The summed E-state index contributed by atoms with van der Waals surface area (Å²) < 4.78 is 2.09. The lowest BCUT2D eigenvalue weighted by Gasteiger charge is -2.39. The number of piperidine rings is 2. The van der Waals surface area contributed by atoms with Crippen LogP contribution in [0.1, 0.15) is 98.5 Å². The summed E-state index contributed by atoms with van der Waals surface area (Å²) in [5.41, 5.74) is 5.50. The fourth-order valence-corrected chi connectivity index (χ4v) is 11.4. The van der Waals surface area contributed by atoms with Crippen molar-refractivity contribution in [1.29, 1.82) is 0 Å². The standard InChI is InChI=1S/C43H44ClN9O5S/c1-22-23(2)59-43-37(22)38(26-4-6-27(44)7-5-26)45-33(39-48-47-24(3)52(39)43)18-36(55)49-14-12-25(13-15-49)19-50-20-30-16-29(50)21-51(30)28-8-9-31-32(17-28)42(58)53(41(31)57)34-10-11-35(54)46-40(34)56/h4-9,17,25,29-30,33-34H,10-16,18-21H2,1-3H3,(H,46,54,56)/t29?,30?,33-,34?/m0/s1. The van der Waals surface area contributed by atoms with Crippen molar-refractivity contribution < 1.29 is 24.0 Å². The van der Waals surface area contributed by atoms with Gasteiger partial charge in [-0.3, -0.25) is 48.6 Å². The van der Waals surface area contributed by atoms with Crippen LogP contribution in [0, 0.1) is 26.7 Å². The van der Waals surface area contributed by atoms with E-state index >= 15 is 0 Å². The van der Waals surface area contributed by atoms with Gasteiger partial charge in [-0.15, -0.1) is 21.5 Å². The van der Waals surface area contributed by atoms with Gasteiger partial charge in [-0.2, -0.15) is 0 Å². The minimum atomic E-state index is -0.981. The second-order valence-corrected chi connectivity index (χ2v) is 18.4. The number of hydrogen-bond acceptors (Lipinski definition) is 11. The molecule has 4 atom stereocenters. The Morgan fingerprint density at radius 3 is 2.41 bits per heavy atom. The lowest BCUT2D eigenvalue weighted by molar-refractivity contribution is -0.136. The molecular weight excluding hydrogens is 790 g/mol. The van der Waals surface area contributed by atoms with Crippen LogP contribution >= 0.6 is 22.9 Å². The first-order chi connectivity index (χ1) is 28.4. The molecule has 304 valence electrons. The average Bonchev–Trinajstić information content (AvgIpc) is 4.02. The molecular formula is C43H44ClN9O5S. The van der Waals surface area contributed by atoms with Gasteiger partial charge in [0.05, 0.1) is 23.3 Å². The summed E-state index contributed by atoms with van der Waals surface area (Å²) in [7, 11) is 0. The number of aromatic nitrogens is 3. The maximum absolute atomic E-state index is 14.1. The Labute approximate surface area is 350 Å². The third-order valence-electron chi connectivity index (χ3n) is 13.3. The summed E-state index contributed by atoms with van der Waals surface area (Å²) in [4.78, 5) is 79.4. The van der Waals surface area contributed by atoms with Gasteiger partial charge in [-0.05, 0) is 88.3 Å². The van der Waals surface area contributed by atoms with Gasteiger partial charge in [0.15, 0.2) is 5.82 Å². The van der Waals surface area contributed by atoms with E-state index in [1.54, 1.807) is 23.5 Å². The number of aryl methyl sites for hydroxylation is 2. The maximum Gasteiger partial charge on any atom is 0.262 e. The van der Waals surface area contributed by atoms with E-state index in [0.29, 0.717) is 53.1 Å². The molecule has 6 aliphatic heterocycles. The van der Waals surface area contributed by atoms with Crippen molar-refractivity contribution in [2.45, 2.75) is 83.5 Å². The number of hydrogen-bond donors (Lipinski definition) is 1. The molecule has 1 N–H and O–H groups in total. The minimum Gasteiger partial charge on any atom is -0.366 e. The van der Waals surface area contributed by atoms with Crippen LogP contribution in [0.25, 0.3) is 5.00 Å². The number of likely N-dealkylation sites (tertiary alicyclic amines) is 2. The fraction of sp³-hybridized carbons (Fsp3) is 0.442. The van der Waals surface area contributed by atoms with Gasteiger partial charge in [0, 0.05) is 77.9 Å². The number of piperazine rings is 1. The monoisotopic (exact) mass is 833 g/mol. The van der Waals surface area contributed by atoms with E-state index in [2.05, 4.69) is 43.7 Å². The predicted octanol–water partition coefficient (Wildman–Crippen LogP) is 4.79. The summed E-state index contributed by atoms with van der Waals surface area (Å²) in [5, 5.41) is 13.0. The van der Waals surface area contributed by atoms with E-state index < -0.39 is 35.7 Å². The molecule has 10 rings (SSSR count). The molecule has 5 amide bonds. The summed E-state index contributed by atoms with van der Waals surface area (Å²) >= 11 is 7.98. The molecule has 14 nitrogen and oxygen atoms in total. The van der Waals surface area contributed by atoms with Gasteiger partial charge < -0.3 is 9.80 Å². The second kappa shape index (κ2) is 14.5. The van der Waals surface area contributed by atoms with Crippen molar-refractivity contribution in [2.24, 2.45) is 10.9 Å². The van der Waals surface area contributed by atoms with E-state index in [1.807, 2.05) is 42.2 Å². The molecule has 0 saturated carbocycles. The molecule has 0 radical (unpaired) electrons. The molecule has 4 saturated heterocycles. The lowest BCUT2D eigenvalue weighted by Crippen LogP contribution is -2.54. The third kappa shape index (κ3) is 6.40. The molecule has 8 heterocycles. The summed E-state index contributed by atoms with van der Waals surface area (Å²) in [6.45, 7) is 10.3. The molecule has 0 spiro atoms. The molecule has 6 aliphatic rings. The number of rotatable bonds is 7. The van der Waals surface area contributed by atoms with Gasteiger partial charge in [0.2, 0.25) is 17.7 Å². The van der Waals surface area contributed by atoms with Gasteiger partial charge in [-0.1, -0.05) is 23.7 Å². The maximum atomic E-state index is 14.1. The minimum absolute atomic E-state index is 0.0728. The number of amides is 5. The van der Waals surface area contributed by atoms with Crippen LogP contribution in [0.3, 0.4) is 0 Å². The number of imide groups is 2. The average molecular weight is 834 g/mol. The molecule has 2 aromatic heterocycles.